The number of hydrogen-bond acceptors (Lipinski definition) is 1. The van der Waals surface area contributed by atoms with Gasteiger partial charge in [-0.1, -0.05) is 55.8 Å². The number of benzene rings is 2. The Morgan fingerprint density at radius 2 is 1.84 bits per heavy atom. The first-order valence-corrected chi connectivity index (χ1v) is 6.92. The molecule has 100 valence electrons. The van der Waals surface area contributed by atoms with Crippen LogP contribution >= 0.6 is 0 Å². The van der Waals surface area contributed by atoms with Gasteiger partial charge in [0.05, 0.1) is 6.42 Å². The van der Waals surface area contributed by atoms with Gasteiger partial charge in [-0.3, -0.25) is 4.79 Å². The van der Waals surface area contributed by atoms with Gasteiger partial charge in [0.25, 0.3) is 0 Å². The number of hydrogen-bond donors (Lipinski definition) is 0. The molecule has 2 aromatic carbocycles. The average molecular weight is 255 g/mol. The second-order valence-electron chi connectivity index (χ2n) is 5.03. The van der Waals surface area contributed by atoms with Crippen LogP contribution in [-0.4, -0.2) is 24.4 Å². The average Bonchev–Trinajstić information content (AvgIpc) is 2.44. The maximum Gasteiger partial charge on any atom is 0.226 e. The molecule has 0 spiro atoms. The molecule has 1 amide bonds. The highest BCUT2D eigenvalue weighted by atomic mass is 16.2. The highest BCUT2D eigenvalue weighted by molar-refractivity contribution is 5.85. The molecule has 2 rings (SSSR count). The summed E-state index contributed by atoms with van der Waals surface area (Å²) >= 11 is 0. The fraction of sp³-hybridized carbons (Fsp3) is 0.353. The van der Waals surface area contributed by atoms with Crippen LogP contribution in [0.25, 0.3) is 10.8 Å². The molecule has 0 fully saturated rings. The SMILES string of the molecule is CCCCN(C)C(=O)Cc1ccc2ccccc2c1. The number of nitrogens with zero attached hydrogens (tertiary/aromatic N) is 1. The molecule has 0 saturated carbocycles. The molecule has 2 heteroatoms. The van der Waals surface area contributed by atoms with Gasteiger partial charge in [-0.25, -0.2) is 0 Å². The highest BCUT2D eigenvalue weighted by Crippen LogP contribution is 2.16. The van der Waals surface area contributed by atoms with Crippen LogP contribution in [0.4, 0.5) is 0 Å². The monoisotopic (exact) mass is 255 g/mol. The Morgan fingerprint density at radius 1 is 1.11 bits per heavy atom. The summed E-state index contributed by atoms with van der Waals surface area (Å²) in [5.41, 5.74) is 1.09. The van der Waals surface area contributed by atoms with Crippen molar-refractivity contribution in [1.82, 2.24) is 4.90 Å². The van der Waals surface area contributed by atoms with Crippen molar-refractivity contribution in [2.45, 2.75) is 26.2 Å². The van der Waals surface area contributed by atoms with Crippen LogP contribution in [0.15, 0.2) is 42.5 Å². The Hall–Kier alpha value is -1.83. The smallest absolute Gasteiger partial charge is 0.226 e. The molecule has 0 aliphatic carbocycles. The minimum Gasteiger partial charge on any atom is -0.345 e. The molecule has 0 aromatic heterocycles. The van der Waals surface area contributed by atoms with Gasteiger partial charge in [0.1, 0.15) is 0 Å². The summed E-state index contributed by atoms with van der Waals surface area (Å²) in [6, 6.07) is 14.5. The standard InChI is InChI=1S/C17H21NO/c1-3-4-11-18(2)17(19)13-14-9-10-15-7-5-6-8-16(15)12-14/h5-10,12H,3-4,11,13H2,1-2H3. The van der Waals surface area contributed by atoms with E-state index in [1.807, 2.05) is 30.1 Å². The molecule has 0 aliphatic heterocycles. The normalized spacial score (nSPS) is 10.6. The van der Waals surface area contributed by atoms with Crippen LogP contribution in [0.1, 0.15) is 25.3 Å². The quantitative estimate of drug-likeness (QED) is 0.798. The number of unbranched alkanes of at least 4 members (excludes halogenated alkanes) is 1. The molecule has 0 saturated heterocycles. The molecular formula is C17H21NO. The second kappa shape index (κ2) is 6.37. The lowest BCUT2D eigenvalue weighted by molar-refractivity contribution is -0.129. The lowest BCUT2D eigenvalue weighted by Crippen LogP contribution is -2.29. The summed E-state index contributed by atoms with van der Waals surface area (Å²) in [5, 5.41) is 2.42. The Morgan fingerprint density at radius 3 is 2.58 bits per heavy atom. The topological polar surface area (TPSA) is 20.3 Å². The van der Waals surface area contributed by atoms with E-state index in [-0.39, 0.29) is 5.91 Å². The van der Waals surface area contributed by atoms with Crippen LogP contribution < -0.4 is 0 Å². The molecule has 0 N–H and O–H groups in total. The van der Waals surface area contributed by atoms with E-state index in [2.05, 4.69) is 31.2 Å². The van der Waals surface area contributed by atoms with E-state index in [0.29, 0.717) is 6.42 Å². The summed E-state index contributed by atoms with van der Waals surface area (Å²) < 4.78 is 0. The summed E-state index contributed by atoms with van der Waals surface area (Å²) in [6.45, 7) is 2.99. The molecule has 0 aliphatic rings. The van der Waals surface area contributed by atoms with Crippen molar-refractivity contribution < 1.29 is 4.79 Å². The van der Waals surface area contributed by atoms with Crippen molar-refractivity contribution in [2.24, 2.45) is 0 Å². The molecule has 2 nitrogen and oxygen atoms in total. The number of fused-ring (bicyclic) bond motifs is 1. The van der Waals surface area contributed by atoms with Crippen molar-refractivity contribution >= 4 is 16.7 Å². The Labute approximate surface area is 115 Å². The first kappa shape index (κ1) is 13.6. The fourth-order valence-corrected chi connectivity index (χ4v) is 2.18. The van der Waals surface area contributed by atoms with E-state index < -0.39 is 0 Å². The molecule has 0 unspecified atom stereocenters. The molecule has 2 aromatic rings. The zero-order chi connectivity index (χ0) is 13.7. The zero-order valence-electron chi connectivity index (χ0n) is 11.7. The van der Waals surface area contributed by atoms with Gasteiger partial charge < -0.3 is 4.90 Å². The van der Waals surface area contributed by atoms with Gasteiger partial charge in [-0.2, -0.15) is 0 Å². The predicted octanol–water partition coefficient (Wildman–Crippen LogP) is 3.64. The first-order valence-electron chi connectivity index (χ1n) is 6.92. The summed E-state index contributed by atoms with van der Waals surface area (Å²) in [6.07, 6.45) is 2.68. The summed E-state index contributed by atoms with van der Waals surface area (Å²) in [7, 11) is 1.89. The Balaban J connectivity index is 2.06. The predicted molar refractivity (Wildman–Crippen MR) is 80.2 cm³/mol. The van der Waals surface area contributed by atoms with E-state index in [0.717, 1.165) is 24.9 Å². The highest BCUT2D eigenvalue weighted by Gasteiger charge is 2.09. The van der Waals surface area contributed by atoms with Crippen molar-refractivity contribution in [1.29, 1.82) is 0 Å². The largest absolute Gasteiger partial charge is 0.345 e. The molecular weight excluding hydrogens is 234 g/mol. The number of carbonyl (C=O) groups excluding carboxylic acids is 1. The van der Waals surface area contributed by atoms with Crippen LogP contribution in [0.3, 0.4) is 0 Å². The fourth-order valence-electron chi connectivity index (χ4n) is 2.18. The number of carbonyl (C=O) groups is 1. The van der Waals surface area contributed by atoms with Crippen molar-refractivity contribution in [2.75, 3.05) is 13.6 Å². The molecule has 0 atom stereocenters. The third-order valence-electron chi connectivity index (χ3n) is 3.44. The minimum absolute atomic E-state index is 0.198. The van der Waals surface area contributed by atoms with Gasteiger partial charge >= 0.3 is 0 Å². The van der Waals surface area contributed by atoms with Crippen molar-refractivity contribution in [3.8, 4) is 0 Å². The van der Waals surface area contributed by atoms with E-state index >= 15 is 0 Å². The van der Waals surface area contributed by atoms with Gasteiger partial charge in [0, 0.05) is 13.6 Å². The first-order chi connectivity index (χ1) is 9.20. The van der Waals surface area contributed by atoms with E-state index in [9.17, 15) is 4.79 Å². The third-order valence-corrected chi connectivity index (χ3v) is 3.44. The van der Waals surface area contributed by atoms with Crippen molar-refractivity contribution in [3.63, 3.8) is 0 Å². The summed E-state index contributed by atoms with van der Waals surface area (Å²) in [5.74, 6) is 0.198. The van der Waals surface area contributed by atoms with Gasteiger partial charge in [0.15, 0.2) is 0 Å². The van der Waals surface area contributed by atoms with Gasteiger partial charge in [-0.05, 0) is 22.8 Å². The maximum absolute atomic E-state index is 12.1. The van der Waals surface area contributed by atoms with E-state index in [1.165, 1.54) is 10.8 Å². The lowest BCUT2D eigenvalue weighted by atomic mass is 10.0. The second-order valence-corrected chi connectivity index (χ2v) is 5.03. The molecule has 0 radical (unpaired) electrons. The lowest BCUT2D eigenvalue weighted by Gasteiger charge is -2.16. The van der Waals surface area contributed by atoms with Crippen LogP contribution in [0, 0.1) is 0 Å². The van der Waals surface area contributed by atoms with Gasteiger partial charge in [0.2, 0.25) is 5.91 Å². The zero-order valence-corrected chi connectivity index (χ0v) is 11.7. The number of rotatable bonds is 5. The minimum atomic E-state index is 0.198. The third kappa shape index (κ3) is 3.57. The Kier molecular flexibility index (Phi) is 4.56. The maximum atomic E-state index is 12.1. The molecule has 19 heavy (non-hydrogen) atoms. The summed E-state index contributed by atoms with van der Waals surface area (Å²) in [4.78, 5) is 13.9. The van der Waals surface area contributed by atoms with Crippen LogP contribution in [0.5, 0.6) is 0 Å². The number of amides is 1. The van der Waals surface area contributed by atoms with E-state index in [4.69, 9.17) is 0 Å². The van der Waals surface area contributed by atoms with Crippen LogP contribution in [0.2, 0.25) is 0 Å². The number of likely N-dealkylation sites (N-methyl/N-ethyl adjacent to an activating group) is 1. The van der Waals surface area contributed by atoms with Gasteiger partial charge in [-0.15, -0.1) is 0 Å². The molecule has 0 bridgehead atoms. The Bertz CT molecular complexity index is 562. The van der Waals surface area contributed by atoms with Crippen molar-refractivity contribution in [3.05, 3.63) is 48.0 Å². The van der Waals surface area contributed by atoms with E-state index in [1.54, 1.807) is 0 Å². The molecule has 0 heterocycles. The van der Waals surface area contributed by atoms with Crippen LogP contribution in [-0.2, 0) is 11.2 Å².